The molecular weight excluding hydrogens is 625 g/mol. The molecule has 1 saturated heterocycles. The van der Waals surface area contributed by atoms with Crippen molar-refractivity contribution >= 4 is 13.7 Å². The Morgan fingerprint density at radius 1 is 1.09 bits per heavy atom. The summed E-state index contributed by atoms with van der Waals surface area (Å²) in [5.41, 5.74) is -3.41. The summed E-state index contributed by atoms with van der Waals surface area (Å²) in [6.45, 7) is 5.34. The molecule has 1 aliphatic rings. The van der Waals surface area contributed by atoms with Crippen molar-refractivity contribution in [1.29, 1.82) is 0 Å². The van der Waals surface area contributed by atoms with Gasteiger partial charge in [-0.3, -0.25) is 23.7 Å². The van der Waals surface area contributed by atoms with E-state index < -0.39 is 73.5 Å². The van der Waals surface area contributed by atoms with Crippen LogP contribution in [-0.4, -0.2) is 46.0 Å². The number of alkyl halides is 4. The second kappa shape index (κ2) is 13.3. The minimum atomic E-state index is -4.48. The molecule has 45 heavy (non-hydrogen) atoms. The Morgan fingerprint density at radius 2 is 1.69 bits per heavy atom. The molecule has 0 spiro atoms. The number of H-pyrrole nitrogens is 1. The first kappa shape index (κ1) is 34.1. The van der Waals surface area contributed by atoms with Crippen molar-refractivity contribution in [2.45, 2.75) is 70.4 Å². The summed E-state index contributed by atoms with van der Waals surface area (Å²) in [5.74, 6) is -0.729. The predicted octanol–water partition coefficient (Wildman–Crippen LogP) is 5.37. The number of esters is 1. The number of ether oxygens (including phenoxy) is 2. The van der Waals surface area contributed by atoms with Gasteiger partial charge in [-0.2, -0.15) is 18.3 Å². The third kappa shape index (κ3) is 8.69. The molecule has 0 saturated carbocycles. The van der Waals surface area contributed by atoms with Gasteiger partial charge in [0.1, 0.15) is 11.8 Å². The number of nitrogens with one attached hydrogen (secondary N) is 2. The highest BCUT2D eigenvalue weighted by Gasteiger charge is 2.48. The normalized spacial score (nSPS) is 22.2. The van der Waals surface area contributed by atoms with Crippen molar-refractivity contribution in [3.63, 3.8) is 0 Å². The van der Waals surface area contributed by atoms with Crippen molar-refractivity contribution in [2.24, 2.45) is 0 Å². The van der Waals surface area contributed by atoms with Crippen LogP contribution in [0.5, 0.6) is 5.75 Å². The van der Waals surface area contributed by atoms with Gasteiger partial charge in [0, 0.05) is 18.7 Å². The standard InChI is InChI=1S/C29H32F4N3O8P/c1-17(2)42-25(38)18(3)35-45(40,41-16-23-15-28(4,30)26(43-23)36-14-13-24(37)34-27(36)39)44-22-11-7-20(8-12-22)19-5-9-21(10-6-19)29(31,32)33/h5-14,17-18,23,26H,15-16H2,1-4H3,(H,35,40)(H,34,37,39)/t18-,23-,26+,28+,45?/m0/s1. The fraction of sp³-hybridized carbons (Fsp3) is 0.414. The van der Waals surface area contributed by atoms with Crippen molar-refractivity contribution in [3.8, 4) is 16.9 Å². The lowest BCUT2D eigenvalue weighted by Gasteiger charge is -2.24. The molecule has 0 amide bonds. The molecule has 244 valence electrons. The van der Waals surface area contributed by atoms with E-state index in [0.717, 1.165) is 29.0 Å². The third-order valence-electron chi connectivity index (χ3n) is 6.68. The number of benzene rings is 2. The van der Waals surface area contributed by atoms with Crippen LogP contribution in [0.4, 0.5) is 17.6 Å². The van der Waals surface area contributed by atoms with Gasteiger partial charge in [-0.1, -0.05) is 24.3 Å². The number of aromatic nitrogens is 2. The van der Waals surface area contributed by atoms with Crippen LogP contribution < -0.4 is 20.9 Å². The topological polar surface area (TPSA) is 138 Å². The molecule has 2 aromatic carbocycles. The van der Waals surface area contributed by atoms with E-state index in [0.29, 0.717) is 11.1 Å². The van der Waals surface area contributed by atoms with E-state index in [9.17, 15) is 32.1 Å². The van der Waals surface area contributed by atoms with Crippen LogP contribution in [-0.2, 0) is 29.5 Å². The maximum atomic E-state index is 15.5. The van der Waals surface area contributed by atoms with E-state index in [1.54, 1.807) is 13.8 Å². The zero-order valence-corrected chi connectivity index (χ0v) is 25.6. The fourth-order valence-corrected chi connectivity index (χ4v) is 6.10. The van der Waals surface area contributed by atoms with Crippen molar-refractivity contribution in [1.82, 2.24) is 14.6 Å². The van der Waals surface area contributed by atoms with E-state index in [-0.39, 0.29) is 12.2 Å². The molecule has 1 aromatic heterocycles. The molecule has 1 aliphatic heterocycles. The molecule has 11 nitrogen and oxygen atoms in total. The Kier molecular flexibility index (Phi) is 10.1. The molecule has 1 unspecified atom stereocenters. The highest BCUT2D eigenvalue weighted by atomic mass is 31.2. The highest BCUT2D eigenvalue weighted by Crippen LogP contribution is 2.47. The third-order valence-corrected chi connectivity index (χ3v) is 8.32. The monoisotopic (exact) mass is 657 g/mol. The summed E-state index contributed by atoms with van der Waals surface area (Å²) < 4.78 is 91.2. The summed E-state index contributed by atoms with van der Waals surface area (Å²) in [7, 11) is -4.40. The van der Waals surface area contributed by atoms with Gasteiger partial charge in [0.25, 0.3) is 5.56 Å². The van der Waals surface area contributed by atoms with Gasteiger partial charge in [0.15, 0.2) is 11.9 Å². The summed E-state index contributed by atoms with van der Waals surface area (Å²) in [6.07, 6.45) is -6.59. The van der Waals surface area contributed by atoms with Crippen LogP contribution in [0.1, 0.15) is 45.9 Å². The lowest BCUT2D eigenvalue weighted by Crippen LogP contribution is -2.38. The zero-order valence-electron chi connectivity index (χ0n) is 24.7. The smallest absolute Gasteiger partial charge is 0.459 e. The largest absolute Gasteiger partial charge is 0.462 e. The zero-order chi connectivity index (χ0) is 33.2. The number of hydrogen-bond donors (Lipinski definition) is 2. The summed E-state index contributed by atoms with van der Waals surface area (Å²) in [6, 6.07) is 10.3. The van der Waals surface area contributed by atoms with Crippen LogP contribution in [0.15, 0.2) is 70.4 Å². The lowest BCUT2D eigenvalue weighted by atomic mass is 10.0. The number of halogens is 4. The molecule has 1 fully saturated rings. The molecule has 3 aromatic rings. The Balaban J connectivity index is 1.51. The fourth-order valence-electron chi connectivity index (χ4n) is 4.58. The van der Waals surface area contributed by atoms with Crippen LogP contribution in [0, 0.1) is 0 Å². The van der Waals surface area contributed by atoms with Crippen molar-refractivity contribution in [2.75, 3.05) is 6.61 Å². The maximum Gasteiger partial charge on any atom is 0.459 e. The Labute approximate surface area is 255 Å². The molecule has 0 aliphatic carbocycles. The summed E-state index contributed by atoms with van der Waals surface area (Å²) in [5, 5.41) is 2.50. The van der Waals surface area contributed by atoms with Gasteiger partial charge >= 0.3 is 25.6 Å². The first-order valence-electron chi connectivity index (χ1n) is 13.8. The first-order valence-corrected chi connectivity index (χ1v) is 15.4. The molecule has 2 N–H and O–H groups in total. The van der Waals surface area contributed by atoms with Crippen LogP contribution in [0.3, 0.4) is 0 Å². The van der Waals surface area contributed by atoms with E-state index in [1.165, 1.54) is 50.2 Å². The van der Waals surface area contributed by atoms with Gasteiger partial charge in [-0.15, -0.1) is 0 Å². The number of aromatic amines is 1. The molecule has 0 bridgehead atoms. The quantitative estimate of drug-likeness (QED) is 0.158. The van der Waals surface area contributed by atoms with Crippen LogP contribution in [0.2, 0.25) is 0 Å². The minimum absolute atomic E-state index is 0.0197. The molecule has 4 rings (SSSR count). The Bertz CT molecular complexity index is 1660. The van der Waals surface area contributed by atoms with Gasteiger partial charge in [-0.05, 0) is 63.1 Å². The van der Waals surface area contributed by atoms with E-state index in [1.807, 2.05) is 4.98 Å². The number of carbonyl (C=O) groups excluding carboxylic acids is 1. The molecule has 2 heterocycles. The second-order valence-electron chi connectivity index (χ2n) is 10.9. The Hall–Kier alpha value is -3.78. The molecule has 5 atom stereocenters. The van der Waals surface area contributed by atoms with Gasteiger partial charge in [-0.25, -0.2) is 13.8 Å². The Morgan fingerprint density at radius 3 is 2.24 bits per heavy atom. The first-order chi connectivity index (χ1) is 21.0. The summed E-state index contributed by atoms with van der Waals surface area (Å²) in [4.78, 5) is 38.2. The molecule has 0 radical (unpaired) electrons. The number of hydrogen-bond acceptors (Lipinski definition) is 8. The summed E-state index contributed by atoms with van der Waals surface area (Å²) >= 11 is 0. The average Bonchev–Trinajstić information content (AvgIpc) is 3.25. The number of rotatable bonds is 11. The van der Waals surface area contributed by atoms with E-state index >= 15 is 4.39 Å². The SMILES string of the molecule is CC(C)OC(=O)[C@H](C)NP(=O)(OC[C@@H]1C[C@@](C)(F)[C@H](n2ccc(=O)[nH]c2=O)O1)Oc1ccc(-c2ccc(C(F)(F)F)cc2)cc1. The number of nitrogens with zero attached hydrogens (tertiary/aromatic N) is 1. The lowest BCUT2D eigenvalue weighted by molar-refractivity contribution is -0.149. The average molecular weight is 658 g/mol. The van der Waals surface area contributed by atoms with Crippen LogP contribution in [0.25, 0.3) is 11.1 Å². The van der Waals surface area contributed by atoms with Crippen molar-refractivity contribution in [3.05, 3.63) is 87.2 Å². The molecular formula is C29H32F4N3O8P. The number of carbonyl (C=O) groups is 1. The van der Waals surface area contributed by atoms with Crippen LogP contribution >= 0.6 is 7.75 Å². The predicted molar refractivity (Wildman–Crippen MR) is 154 cm³/mol. The van der Waals surface area contributed by atoms with E-state index in [2.05, 4.69) is 5.09 Å². The second-order valence-corrected chi connectivity index (χ2v) is 12.6. The van der Waals surface area contributed by atoms with Crippen molar-refractivity contribution < 1.29 is 45.4 Å². The van der Waals surface area contributed by atoms with E-state index in [4.69, 9.17) is 18.5 Å². The highest BCUT2D eigenvalue weighted by molar-refractivity contribution is 7.52. The van der Waals surface area contributed by atoms with Gasteiger partial charge in [0.2, 0.25) is 0 Å². The van der Waals surface area contributed by atoms with Gasteiger partial charge < -0.3 is 14.0 Å². The maximum absolute atomic E-state index is 15.5. The van der Waals surface area contributed by atoms with Gasteiger partial charge in [0.05, 0.1) is 24.4 Å². The minimum Gasteiger partial charge on any atom is -0.462 e. The molecule has 16 heteroatoms.